The van der Waals surface area contributed by atoms with Gasteiger partial charge in [0.25, 0.3) is 0 Å². The molecule has 1 fully saturated rings. The molecule has 0 aliphatic carbocycles. The normalized spacial score (nSPS) is 14.9. The largest absolute Gasteiger partial charge is 0.326 e. The standard InChI is InChI=1S/C26H29ClN4O/c1-2-5-25-28-16-19(17-29-25)18-31-12-10-20(11-13-31)26(32)30-24-9-4-7-22(15-24)21-6-3-8-23(27)14-21/h3-4,6-9,14-17,20H,2,5,10-13,18H2,1H3,(H,30,32). The minimum absolute atomic E-state index is 0.0317. The minimum Gasteiger partial charge on any atom is -0.326 e. The summed E-state index contributed by atoms with van der Waals surface area (Å²) in [6, 6.07) is 15.7. The average molecular weight is 449 g/mol. The third kappa shape index (κ3) is 5.93. The van der Waals surface area contributed by atoms with Crippen LogP contribution in [0.1, 0.15) is 37.6 Å². The van der Waals surface area contributed by atoms with Gasteiger partial charge in [0.15, 0.2) is 0 Å². The van der Waals surface area contributed by atoms with Crippen LogP contribution in [0.3, 0.4) is 0 Å². The Hall–Kier alpha value is -2.76. The second kappa shape index (κ2) is 10.7. The van der Waals surface area contributed by atoms with Gasteiger partial charge in [-0.25, -0.2) is 9.97 Å². The minimum atomic E-state index is 0.0317. The molecule has 0 saturated carbocycles. The summed E-state index contributed by atoms with van der Waals surface area (Å²) in [7, 11) is 0. The molecule has 1 amide bonds. The first kappa shape index (κ1) is 22.4. The molecule has 1 aromatic heterocycles. The Bertz CT molecular complexity index is 1050. The highest BCUT2D eigenvalue weighted by atomic mass is 35.5. The summed E-state index contributed by atoms with van der Waals surface area (Å²) in [5.74, 6) is 1.04. The van der Waals surface area contributed by atoms with Gasteiger partial charge >= 0.3 is 0 Å². The number of rotatable bonds is 7. The Kier molecular flexibility index (Phi) is 7.51. The number of carbonyl (C=O) groups excluding carboxylic acids is 1. The van der Waals surface area contributed by atoms with Crippen molar-refractivity contribution < 1.29 is 4.79 Å². The van der Waals surface area contributed by atoms with Crippen LogP contribution in [0.25, 0.3) is 11.1 Å². The van der Waals surface area contributed by atoms with Crippen LogP contribution in [0.5, 0.6) is 0 Å². The third-order valence-electron chi connectivity index (χ3n) is 5.89. The molecular weight excluding hydrogens is 420 g/mol. The van der Waals surface area contributed by atoms with E-state index in [0.717, 1.165) is 73.5 Å². The van der Waals surface area contributed by atoms with Gasteiger partial charge in [0, 0.05) is 47.6 Å². The van der Waals surface area contributed by atoms with Crippen LogP contribution < -0.4 is 5.32 Å². The molecule has 2 aromatic carbocycles. The van der Waals surface area contributed by atoms with Gasteiger partial charge < -0.3 is 5.32 Å². The molecule has 32 heavy (non-hydrogen) atoms. The number of anilines is 1. The number of aryl methyl sites for hydroxylation is 1. The molecule has 5 nitrogen and oxygen atoms in total. The van der Waals surface area contributed by atoms with Crippen molar-refractivity contribution in [3.63, 3.8) is 0 Å². The fourth-order valence-electron chi connectivity index (χ4n) is 4.12. The number of halogens is 1. The summed E-state index contributed by atoms with van der Waals surface area (Å²) in [5, 5.41) is 3.81. The molecule has 1 aliphatic rings. The Morgan fingerprint density at radius 2 is 1.75 bits per heavy atom. The summed E-state index contributed by atoms with van der Waals surface area (Å²) in [5.41, 5.74) is 4.02. The zero-order valence-corrected chi connectivity index (χ0v) is 19.2. The van der Waals surface area contributed by atoms with Gasteiger partial charge in [-0.05, 0) is 67.7 Å². The lowest BCUT2D eigenvalue weighted by Crippen LogP contribution is -2.37. The van der Waals surface area contributed by atoms with Crippen LogP contribution >= 0.6 is 11.6 Å². The van der Waals surface area contributed by atoms with Gasteiger partial charge in [-0.15, -0.1) is 0 Å². The predicted molar refractivity (Wildman–Crippen MR) is 130 cm³/mol. The van der Waals surface area contributed by atoms with Gasteiger partial charge in [0.1, 0.15) is 5.82 Å². The van der Waals surface area contributed by atoms with E-state index in [1.54, 1.807) is 0 Å². The maximum absolute atomic E-state index is 12.9. The molecule has 1 saturated heterocycles. The van der Waals surface area contributed by atoms with Crippen LogP contribution in [-0.2, 0) is 17.8 Å². The Balaban J connectivity index is 1.30. The fourth-order valence-corrected chi connectivity index (χ4v) is 4.31. The second-order valence-electron chi connectivity index (χ2n) is 8.39. The summed E-state index contributed by atoms with van der Waals surface area (Å²) >= 11 is 6.12. The molecule has 0 radical (unpaired) electrons. The molecule has 0 bridgehead atoms. The first-order valence-corrected chi connectivity index (χ1v) is 11.7. The zero-order chi connectivity index (χ0) is 22.3. The zero-order valence-electron chi connectivity index (χ0n) is 18.4. The van der Waals surface area contributed by atoms with E-state index in [1.165, 1.54) is 0 Å². The smallest absolute Gasteiger partial charge is 0.227 e. The van der Waals surface area contributed by atoms with Gasteiger partial charge in [0.2, 0.25) is 5.91 Å². The highest BCUT2D eigenvalue weighted by Gasteiger charge is 2.25. The van der Waals surface area contributed by atoms with Crippen LogP contribution in [0.15, 0.2) is 60.9 Å². The second-order valence-corrected chi connectivity index (χ2v) is 8.82. The van der Waals surface area contributed by atoms with E-state index in [2.05, 4.69) is 27.1 Å². The number of piperidine rings is 1. The van der Waals surface area contributed by atoms with Crippen molar-refractivity contribution in [2.45, 2.75) is 39.2 Å². The van der Waals surface area contributed by atoms with E-state index in [9.17, 15) is 4.79 Å². The van der Waals surface area contributed by atoms with Crippen molar-refractivity contribution in [2.75, 3.05) is 18.4 Å². The number of nitrogens with zero attached hydrogens (tertiary/aromatic N) is 3. The number of hydrogen-bond donors (Lipinski definition) is 1. The first-order valence-electron chi connectivity index (χ1n) is 11.3. The fraction of sp³-hybridized carbons (Fsp3) is 0.346. The third-order valence-corrected chi connectivity index (χ3v) is 6.12. The molecule has 0 spiro atoms. The average Bonchev–Trinajstić information content (AvgIpc) is 2.81. The van der Waals surface area contributed by atoms with E-state index in [-0.39, 0.29) is 11.8 Å². The molecule has 1 N–H and O–H groups in total. The molecular formula is C26H29ClN4O. The molecule has 4 rings (SSSR count). The quantitative estimate of drug-likeness (QED) is 0.511. The predicted octanol–water partition coefficient (Wildman–Crippen LogP) is 5.60. The molecule has 0 unspecified atom stereocenters. The topological polar surface area (TPSA) is 58.1 Å². The summed E-state index contributed by atoms with van der Waals surface area (Å²) in [6.45, 7) is 4.77. The Morgan fingerprint density at radius 1 is 1.06 bits per heavy atom. The molecule has 3 aromatic rings. The lowest BCUT2D eigenvalue weighted by Gasteiger charge is -2.31. The van der Waals surface area contributed by atoms with Gasteiger partial charge in [-0.3, -0.25) is 9.69 Å². The van der Waals surface area contributed by atoms with E-state index < -0.39 is 0 Å². The Morgan fingerprint density at radius 3 is 2.44 bits per heavy atom. The summed E-state index contributed by atoms with van der Waals surface area (Å²) in [6.07, 6.45) is 7.55. The van der Waals surface area contributed by atoms with Gasteiger partial charge in [-0.1, -0.05) is 42.8 Å². The van der Waals surface area contributed by atoms with Crippen LogP contribution in [0.2, 0.25) is 5.02 Å². The highest BCUT2D eigenvalue weighted by Crippen LogP contribution is 2.26. The van der Waals surface area contributed by atoms with E-state index in [0.29, 0.717) is 5.02 Å². The molecule has 0 atom stereocenters. The number of hydrogen-bond acceptors (Lipinski definition) is 4. The maximum Gasteiger partial charge on any atom is 0.227 e. The lowest BCUT2D eigenvalue weighted by molar-refractivity contribution is -0.121. The molecule has 2 heterocycles. The van der Waals surface area contributed by atoms with E-state index in [4.69, 9.17) is 11.6 Å². The number of benzene rings is 2. The van der Waals surface area contributed by atoms with E-state index >= 15 is 0 Å². The van der Waals surface area contributed by atoms with E-state index in [1.807, 2.05) is 60.9 Å². The molecule has 166 valence electrons. The van der Waals surface area contributed by atoms with Crippen LogP contribution in [-0.4, -0.2) is 33.9 Å². The van der Waals surface area contributed by atoms with Crippen molar-refractivity contribution in [3.8, 4) is 11.1 Å². The Labute approximate surface area is 194 Å². The number of nitrogens with one attached hydrogen (secondary N) is 1. The first-order chi connectivity index (χ1) is 15.6. The van der Waals surface area contributed by atoms with Crippen molar-refractivity contribution in [1.82, 2.24) is 14.9 Å². The monoisotopic (exact) mass is 448 g/mol. The van der Waals surface area contributed by atoms with Gasteiger partial charge in [0.05, 0.1) is 0 Å². The van der Waals surface area contributed by atoms with Crippen molar-refractivity contribution in [3.05, 3.63) is 77.3 Å². The number of carbonyl (C=O) groups is 1. The SMILES string of the molecule is CCCc1ncc(CN2CCC(C(=O)Nc3cccc(-c4cccc(Cl)c4)c3)CC2)cn1. The van der Waals surface area contributed by atoms with Gasteiger partial charge in [-0.2, -0.15) is 0 Å². The van der Waals surface area contributed by atoms with Crippen LogP contribution in [0, 0.1) is 5.92 Å². The van der Waals surface area contributed by atoms with Crippen LogP contribution in [0.4, 0.5) is 5.69 Å². The highest BCUT2D eigenvalue weighted by molar-refractivity contribution is 6.30. The van der Waals surface area contributed by atoms with Crippen molar-refractivity contribution in [2.24, 2.45) is 5.92 Å². The lowest BCUT2D eigenvalue weighted by atomic mass is 9.95. The van der Waals surface area contributed by atoms with Crippen molar-refractivity contribution in [1.29, 1.82) is 0 Å². The summed E-state index contributed by atoms with van der Waals surface area (Å²) < 4.78 is 0. The molecule has 6 heteroatoms. The molecule has 1 aliphatic heterocycles. The maximum atomic E-state index is 12.9. The van der Waals surface area contributed by atoms with Crippen molar-refractivity contribution >= 4 is 23.2 Å². The summed E-state index contributed by atoms with van der Waals surface area (Å²) in [4.78, 5) is 24.1. The number of amides is 1. The number of likely N-dealkylation sites (tertiary alicyclic amines) is 1. The number of aromatic nitrogens is 2.